The zero-order valence-corrected chi connectivity index (χ0v) is 10.8. The molecule has 0 aliphatic rings. The molecular weight excluding hydrogens is 266 g/mol. The highest BCUT2D eigenvalue weighted by Gasteiger charge is 2.11. The lowest BCUT2D eigenvalue weighted by atomic mass is 10.3. The molecule has 0 spiro atoms. The quantitative estimate of drug-likeness (QED) is 0.490. The summed E-state index contributed by atoms with van der Waals surface area (Å²) in [7, 11) is 0. The van der Waals surface area contributed by atoms with Crippen molar-refractivity contribution in [3.05, 3.63) is 28.3 Å². The Morgan fingerprint density at radius 2 is 2.35 bits per heavy atom. The van der Waals surface area contributed by atoms with Crippen LogP contribution < -0.4 is 5.32 Å². The minimum atomic E-state index is -0.498. The smallest absolute Gasteiger partial charge is 0.307 e. The molecule has 0 saturated carbocycles. The largest absolute Gasteiger partial charge is 0.466 e. The van der Waals surface area contributed by atoms with Crippen molar-refractivity contribution in [3.63, 3.8) is 0 Å². The van der Waals surface area contributed by atoms with Crippen LogP contribution in [0, 0.1) is 10.1 Å². The minimum Gasteiger partial charge on any atom is -0.466 e. The molecule has 2 rings (SSSR count). The Hall–Kier alpha value is -2.64. The van der Waals surface area contributed by atoms with E-state index in [0.717, 1.165) is 0 Å². The minimum absolute atomic E-state index is 0.0520. The zero-order valence-electron chi connectivity index (χ0n) is 10.8. The van der Waals surface area contributed by atoms with Gasteiger partial charge in [-0.05, 0) is 13.0 Å². The molecule has 0 aliphatic heterocycles. The average molecular weight is 279 g/mol. The molecule has 0 aliphatic carbocycles. The third kappa shape index (κ3) is 3.22. The van der Waals surface area contributed by atoms with Crippen LogP contribution in [0.3, 0.4) is 0 Å². The lowest BCUT2D eigenvalue weighted by Gasteiger charge is -2.01. The molecule has 8 heteroatoms. The van der Waals surface area contributed by atoms with Crippen molar-refractivity contribution in [3.8, 4) is 0 Å². The second-order valence-corrected chi connectivity index (χ2v) is 3.91. The molecule has 0 atom stereocenters. The number of nitro benzene ring substituents is 1. The first-order chi connectivity index (χ1) is 9.60. The molecule has 2 aromatic rings. The average Bonchev–Trinajstić information content (AvgIpc) is 2.80. The Kier molecular flexibility index (Phi) is 4.14. The van der Waals surface area contributed by atoms with E-state index in [4.69, 9.17) is 9.15 Å². The van der Waals surface area contributed by atoms with Crippen molar-refractivity contribution >= 4 is 28.8 Å². The van der Waals surface area contributed by atoms with Crippen LogP contribution in [0.25, 0.3) is 11.1 Å². The molecule has 0 bridgehead atoms. The topological polar surface area (TPSA) is 108 Å². The number of carbonyl (C=O) groups is 1. The number of non-ortho nitro benzene ring substituents is 1. The number of benzene rings is 1. The molecular formula is C12H13N3O5. The third-order valence-electron chi connectivity index (χ3n) is 2.49. The van der Waals surface area contributed by atoms with E-state index in [2.05, 4.69) is 10.3 Å². The van der Waals surface area contributed by atoms with Gasteiger partial charge in [0.05, 0.1) is 18.0 Å². The molecule has 0 fully saturated rings. The standard InChI is InChI=1S/C12H13N3O5/c1-2-19-11(16)5-6-13-12-14-9-7-8(15(17)18)3-4-10(9)20-12/h3-4,7H,2,5-6H2,1H3,(H,13,14). The van der Waals surface area contributed by atoms with Gasteiger partial charge in [0.2, 0.25) is 0 Å². The highest BCUT2D eigenvalue weighted by Crippen LogP contribution is 2.23. The summed E-state index contributed by atoms with van der Waals surface area (Å²) in [5.74, 6) is -0.313. The van der Waals surface area contributed by atoms with E-state index in [0.29, 0.717) is 24.3 Å². The monoisotopic (exact) mass is 279 g/mol. The van der Waals surface area contributed by atoms with Crippen LogP contribution in [0.15, 0.2) is 22.6 Å². The maximum absolute atomic E-state index is 11.1. The van der Waals surface area contributed by atoms with Crippen LogP contribution in [0.2, 0.25) is 0 Å². The number of rotatable bonds is 6. The zero-order chi connectivity index (χ0) is 14.5. The van der Waals surface area contributed by atoms with Crippen LogP contribution in [0.5, 0.6) is 0 Å². The first-order valence-corrected chi connectivity index (χ1v) is 6.04. The van der Waals surface area contributed by atoms with Gasteiger partial charge in [-0.15, -0.1) is 0 Å². The number of carbonyl (C=O) groups excluding carboxylic acids is 1. The fourth-order valence-electron chi connectivity index (χ4n) is 1.61. The van der Waals surface area contributed by atoms with Crippen molar-refractivity contribution in [1.29, 1.82) is 0 Å². The maximum atomic E-state index is 11.1. The summed E-state index contributed by atoms with van der Waals surface area (Å²) in [6, 6.07) is 4.37. The second-order valence-electron chi connectivity index (χ2n) is 3.91. The third-order valence-corrected chi connectivity index (χ3v) is 2.49. The van der Waals surface area contributed by atoms with Gasteiger partial charge in [-0.25, -0.2) is 0 Å². The molecule has 1 aromatic carbocycles. The van der Waals surface area contributed by atoms with Gasteiger partial charge in [0.15, 0.2) is 5.58 Å². The van der Waals surface area contributed by atoms with E-state index in [1.807, 2.05) is 0 Å². The molecule has 8 nitrogen and oxygen atoms in total. The molecule has 20 heavy (non-hydrogen) atoms. The van der Waals surface area contributed by atoms with Crippen LogP contribution in [-0.2, 0) is 9.53 Å². The number of esters is 1. The second kappa shape index (κ2) is 6.00. The lowest BCUT2D eigenvalue weighted by molar-refractivity contribution is -0.384. The number of anilines is 1. The molecule has 0 unspecified atom stereocenters. The molecule has 1 aromatic heterocycles. The van der Waals surface area contributed by atoms with Gasteiger partial charge in [0, 0.05) is 18.7 Å². The Labute approximate surface area is 113 Å². The van der Waals surface area contributed by atoms with Crippen LogP contribution in [-0.4, -0.2) is 29.0 Å². The first kappa shape index (κ1) is 13.8. The summed E-state index contributed by atoms with van der Waals surface area (Å²) in [5.41, 5.74) is 0.774. The van der Waals surface area contributed by atoms with E-state index >= 15 is 0 Å². The number of ether oxygens (including phenoxy) is 1. The van der Waals surface area contributed by atoms with Gasteiger partial charge in [-0.2, -0.15) is 4.98 Å². The molecule has 106 valence electrons. The Morgan fingerprint density at radius 3 is 3.05 bits per heavy atom. The molecule has 1 heterocycles. The SMILES string of the molecule is CCOC(=O)CCNc1nc2cc([N+](=O)[O-])ccc2o1. The van der Waals surface area contributed by atoms with Crippen LogP contribution in [0.1, 0.15) is 13.3 Å². The summed E-state index contributed by atoms with van der Waals surface area (Å²) >= 11 is 0. The predicted molar refractivity (Wildman–Crippen MR) is 70.4 cm³/mol. The van der Waals surface area contributed by atoms with Gasteiger partial charge in [0.25, 0.3) is 11.7 Å². The van der Waals surface area contributed by atoms with Gasteiger partial charge >= 0.3 is 5.97 Å². The number of nitro groups is 1. The number of nitrogens with one attached hydrogen (secondary N) is 1. The molecule has 0 saturated heterocycles. The van der Waals surface area contributed by atoms with Crippen molar-refractivity contribution < 1.29 is 18.9 Å². The molecule has 1 N–H and O–H groups in total. The Bertz CT molecular complexity index is 637. The number of nitrogens with zero attached hydrogens (tertiary/aromatic N) is 2. The fraction of sp³-hybridized carbons (Fsp3) is 0.333. The van der Waals surface area contributed by atoms with E-state index in [-0.39, 0.29) is 24.1 Å². The van der Waals surface area contributed by atoms with E-state index < -0.39 is 4.92 Å². The predicted octanol–water partition coefficient (Wildman–Crippen LogP) is 2.10. The normalized spacial score (nSPS) is 10.4. The number of aromatic nitrogens is 1. The van der Waals surface area contributed by atoms with Gasteiger partial charge in [0.1, 0.15) is 5.52 Å². The van der Waals surface area contributed by atoms with Crippen molar-refractivity contribution in [1.82, 2.24) is 4.98 Å². The summed E-state index contributed by atoms with van der Waals surface area (Å²) in [6.45, 7) is 2.39. The molecule has 0 amide bonds. The van der Waals surface area contributed by atoms with E-state index in [1.165, 1.54) is 18.2 Å². The van der Waals surface area contributed by atoms with Crippen molar-refractivity contribution in [2.45, 2.75) is 13.3 Å². The fourth-order valence-corrected chi connectivity index (χ4v) is 1.61. The van der Waals surface area contributed by atoms with Gasteiger partial charge < -0.3 is 14.5 Å². The number of fused-ring (bicyclic) bond motifs is 1. The van der Waals surface area contributed by atoms with Crippen LogP contribution >= 0.6 is 0 Å². The Morgan fingerprint density at radius 1 is 1.55 bits per heavy atom. The maximum Gasteiger partial charge on any atom is 0.307 e. The molecule has 0 radical (unpaired) electrons. The van der Waals surface area contributed by atoms with Crippen LogP contribution in [0.4, 0.5) is 11.7 Å². The number of oxazole rings is 1. The highest BCUT2D eigenvalue weighted by molar-refractivity contribution is 5.77. The van der Waals surface area contributed by atoms with Crippen molar-refractivity contribution in [2.75, 3.05) is 18.5 Å². The van der Waals surface area contributed by atoms with Crippen molar-refractivity contribution in [2.24, 2.45) is 0 Å². The number of hydrogen-bond donors (Lipinski definition) is 1. The lowest BCUT2D eigenvalue weighted by Crippen LogP contribution is -2.11. The van der Waals surface area contributed by atoms with E-state index in [9.17, 15) is 14.9 Å². The summed E-state index contributed by atoms with van der Waals surface area (Å²) in [5, 5.41) is 13.5. The van der Waals surface area contributed by atoms with Gasteiger partial charge in [-0.3, -0.25) is 14.9 Å². The Balaban J connectivity index is 2.01. The first-order valence-electron chi connectivity index (χ1n) is 6.04. The summed E-state index contributed by atoms with van der Waals surface area (Å²) in [4.78, 5) is 25.3. The highest BCUT2D eigenvalue weighted by atomic mass is 16.6. The summed E-state index contributed by atoms with van der Waals surface area (Å²) in [6.07, 6.45) is 0.187. The number of hydrogen-bond acceptors (Lipinski definition) is 7. The van der Waals surface area contributed by atoms with E-state index in [1.54, 1.807) is 6.92 Å². The summed E-state index contributed by atoms with van der Waals surface area (Å²) < 4.78 is 10.1. The van der Waals surface area contributed by atoms with Gasteiger partial charge in [-0.1, -0.05) is 0 Å².